The Labute approximate surface area is 124 Å². The first kappa shape index (κ1) is 14.3. The van der Waals surface area contributed by atoms with Crippen molar-refractivity contribution in [3.8, 4) is 0 Å². The molecule has 0 bridgehead atoms. The van der Waals surface area contributed by atoms with Gasteiger partial charge in [-0.3, -0.25) is 9.59 Å². The molecule has 1 amide bonds. The number of oxazole rings is 1. The molecule has 0 aromatic carbocycles. The van der Waals surface area contributed by atoms with Crippen LogP contribution in [0.5, 0.6) is 0 Å². The summed E-state index contributed by atoms with van der Waals surface area (Å²) in [5.74, 6) is 1.10. The third kappa shape index (κ3) is 2.61. The SMILES string of the molecule is Cc1nc(C)c(C(=O)N2CCCC2C2CCCCC2=O)o1. The van der Waals surface area contributed by atoms with Crippen LogP contribution >= 0.6 is 0 Å². The Morgan fingerprint density at radius 1 is 1.24 bits per heavy atom. The zero-order valence-electron chi connectivity index (χ0n) is 12.7. The Balaban J connectivity index is 1.82. The summed E-state index contributed by atoms with van der Waals surface area (Å²) in [4.78, 5) is 30.9. The van der Waals surface area contributed by atoms with Crippen molar-refractivity contribution in [1.82, 2.24) is 9.88 Å². The van der Waals surface area contributed by atoms with E-state index in [9.17, 15) is 9.59 Å². The number of carbonyl (C=O) groups excluding carboxylic acids is 2. The summed E-state index contributed by atoms with van der Waals surface area (Å²) >= 11 is 0. The van der Waals surface area contributed by atoms with Gasteiger partial charge in [0.05, 0.1) is 5.69 Å². The first-order valence-electron chi connectivity index (χ1n) is 7.85. The van der Waals surface area contributed by atoms with E-state index >= 15 is 0 Å². The first-order chi connectivity index (χ1) is 10.1. The minimum atomic E-state index is -0.103. The van der Waals surface area contributed by atoms with E-state index in [-0.39, 0.29) is 17.9 Å². The maximum atomic E-state index is 12.7. The van der Waals surface area contributed by atoms with Gasteiger partial charge in [-0.05, 0) is 32.6 Å². The fourth-order valence-electron chi connectivity index (χ4n) is 3.74. The molecule has 0 N–H and O–H groups in total. The highest BCUT2D eigenvalue weighted by Gasteiger charge is 2.40. The van der Waals surface area contributed by atoms with Gasteiger partial charge in [-0.15, -0.1) is 0 Å². The van der Waals surface area contributed by atoms with Gasteiger partial charge in [0.25, 0.3) is 5.91 Å². The normalized spacial score (nSPS) is 26.4. The van der Waals surface area contributed by atoms with E-state index in [4.69, 9.17) is 4.42 Å². The van der Waals surface area contributed by atoms with E-state index in [0.29, 0.717) is 36.1 Å². The molecule has 3 rings (SSSR count). The van der Waals surface area contributed by atoms with Crippen LogP contribution < -0.4 is 0 Å². The van der Waals surface area contributed by atoms with Gasteiger partial charge in [0.1, 0.15) is 5.78 Å². The summed E-state index contributed by atoms with van der Waals surface area (Å²) in [5.41, 5.74) is 0.637. The van der Waals surface area contributed by atoms with Crippen molar-refractivity contribution in [2.75, 3.05) is 6.54 Å². The topological polar surface area (TPSA) is 63.4 Å². The predicted octanol–water partition coefficient (Wildman–Crippen LogP) is 2.66. The Morgan fingerprint density at radius 2 is 2.05 bits per heavy atom. The van der Waals surface area contributed by atoms with E-state index in [0.717, 1.165) is 32.1 Å². The van der Waals surface area contributed by atoms with Gasteiger partial charge < -0.3 is 9.32 Å². The molecule has 2 unspecified atom stereocenters. The third-order valence-electron chi connectivity index (χ3n) is 4.72. The molecule has 0 radical (unpaired) electrons. The molecule has 2 fully saturated rings. The molecule has 1 saturated carbocycles. The molecule has 1 aliphatic carbocycles. The van der Waals surface area contributed by atoms with Gasteiger partial charge in [-0.1, -0.05) is 6.42 Å². The highest BCUT2D eigenvalue weighted by atomic mass is 16.4. The monoisotopic (exact) mass is 290 g/mol. The molecule has 2 aliphatic rings. The number of rotatable bonds is 2. The molecular weight excluding hydrogens is 268 g/mol. The van der Waals surface area contributed by atoms with E-state index in [1.165, 1.54) is 0 Å². The number of ketones is 1. The van der Waals surface area contributed by atoms with Crippen LogP contribution in [0.3, 0.4) is 0 Å². The maximum Gasteiger partial charge on any atom is 0.291 e. The molecule has 2 atom stereocenters. The summed E-state index contributed by atoms with van der Waals surface area (Å²) in [5, 5.41) is 0. The summed E-state index contributed by atoms with van der Waals surface area (Å²) in [6.45, 7) is 4.25. The molecule has 1 aromatic heterocycles. The second-order valence-corrected chi connectivity index (χ2v) is 6.17. The molecule has 2 heterocycles. The molecule has 0 spiro atoms. The number of hydrogen-bond donors (Lipinski definition) is 0. The summed E-state index contributed by atoms with van der Waals surface area (Å²) < 4.78 is 5.46. The van der Waals surface area contributed by atoms with Gasteiger partial charge in [-0.2, -0.15) is 0 Å². The Morgan fingerprint density at radius 3 is 2.71 bits per heavy atom. The van der Waals surface area contributed by atoms with E-state index in [1.54, 1.807) is 13.8 Å². The molecule has 5 nitrogen and oxygen atoms in total. The van der Waals surface area contributed by atoms with Crippen molar-refractivity contribution in [2.45, 2.75) is 58.4 Å². The second-order valence-electron chi connectivity index (χ2n) is 6.17. The van der Waals surface area contributed by atoms with Crippen LogP contribution in [0.15, 0.2) is 4.42 Å². The standard InChI is InChI=1S/C16H22N2O3/c1-10-15(21-11(2)17-10)16(20)18-9-5-7-13(18)12-6-3-4-8-14(12)19/h12-13H,3-9H2,1-2H3. The lowest BCUT2D eigenvalue weighted by atomic mass is 9.82. The lowest BCUT2D eigenvalue weighted by Crippen LogP contribution is -2.43. The van der Waals surface area contributed by atoms with E-state index in [1.807, 2.05) is 4.90 Å². The predicted molar refractivity (Wildman–Crippen MR) is 77.0 cm³/mol. The van der Waals surface area contributed by atoms with E-state index in [2.05, 4.69) is 4.98 Å². The zero-order valence-corrected chi connectivity index (χ0v) is 12.7. The molecule has 1 aromatic rings. The molecule has 5 heteroatoms. The molecule has 114 valence electrons. The number of hydrogen-bond acceptors (Lipinski definition) is 4. The molecular formula is C16H22N2O3. The lowest BCUT2D eigenvalue weighted by Gasteiger charge is -2.32. The maximum absolute atomic E-state index is 12.7. The van der Waals surface area contributed by atoms with Crippen molar-refractivity contribution in [3.05, 3.63) is 17.3 Å². The van der Waals surface area contributed by atoms with Crippen molar-refractivity contribution in [2.24, 2.45) is 5.92 Å². The van der Waals surface area contributed by atoms with Gasteiger partial charge in [-0.25, -0.2) is 4.98 Å². The smallest absolute Gasteiger partial charge is 0.291 e. The number of carbonyl (C=O) groups is 2. The van der Waals surface area contributed by atoms with Crippen LogP contribution in [0.4, 0.5) is 0 Å². The van der Waals surface area contributed by atoms with Crippen molar-refractivity contribution in [1.29, 1.82) is 0 Å². The molecule has 1 aliphatic heterocycles. The number of aryl methyl sites for hydroxylation is 2. The Kier molecular flexibility index (Phi) is 3.83. The number of aromatic nitrogens is 1. The largest absolute Gasteiger partial charge is 0.436 e. The van der Waals surface area contributed by atoms with Crippen LogP contribution in [-0.2, 0) is 4.79 Å². The van der Waals surface area contributed by atoms with Crippen molar-refractivity contribution >= 4 is 11.7 Å². The minimum Gasteiger partial charge on any atom is -0.436 e. The fourth-order valence-corrected chi connectivity index (χ4v) is 3.74. The van der Waals surface area contributed by atoms with Crippen LogP contribution in [0.1, 0.15) is 60.7 Å². The quantitative estimate of drug-likeness (QED) is 0.840. The van der Waals surface area contributed by atoms with Crippen LogP contribution in [-0.4, -0.2) is 34.2 Å². The highest BCUT2D eigenvalue weighted by molar-refractivity contribution is 5.93. The lowest BCUT2D eigenvalue weighted by molar-refractivity contribution is -0.126. The Bertz CT molecular complexity index is 564. The van der Waals surface area contributed by atoms with Crippen LogP contribution in [0.25, 0.3) is 0 Å². The molecule has 21 heavy (non-hydrogen) atoms. The van der Waals surface area contributed by atoms with E-state index < -0.39 is 0 Å². The summed E-state index contributed by atoms with van der Waals surface area (Å²) in [6.07, 6.45) is 5.57. The number of Topliss-reactive ketones (excluding diaryl/α,β-unsaturated/α-hetero) is 1. The van der Waals surface area contributed by atoms with Crippen LogP contribution in [0.2, 0.25) is 0 Å². The van der Waals surface area contributed by atoms with Gasteiger partial charge in [0, 0.05) is 31.8 Å². The van der Waals surface area contributed by atoms with Gasteiger partial charge >= 0.3 is 0 Å². The van der Waals surface area contributed by atoms with Crippen molar-refractivity contribution in [3.63, 3.8) is 0 Å². The van der Waals surface area contributed by atoms with Gasteiger partial charge in [0.15, 0.2) is 5.89 Å². The van der Waals surface area contributed by atoms with Gasteiger partial charge in [0.2, 0.25) is 5.76 Å². The number of nitrogens with zero attached hydrogens (tertiary/aromatic N) is 2. The summed E-state index contributed by atoms with van der Waals surface area (Å²) in [6, 6.07) is 0.0510. The third-order valence-corrected chi connectivity index (χ3v) is 4.72. The highest BCUT2D eigenvalue weighted by Crippen LogP contribution is 2.33. The Hall–Kier alpha value is -1.65. The summed E-state index contributed by atoms with van der Waals surface area (Å²) in [7, 11) is 0. The average Bonchev–Trinajstić information content (AvgIpc) is 3.05. The van der Waals surface area contributed by atoms with Crippen molar-refractivity contribution < 1.29 is 14.0 Å². The van der Waals surface area contributed by atoms with Crippen LogP contribution in [0, 0.1) is 19.8 Å². The average molecular weight is 290 g/mol. The zero-order chi connectivity index (χ0) is 15.0. The first-order valence-corrected chi connectivity index (χ1v) is 7.85. The molecule has 1 saturated heterocycles. The number of amides is 1. The minimum absolute atomic E-state index is 0.0227. The second kappa shape index (κ2) is 5.62. The number of likely N-dealkylation sites (tertiary alicyclic amines) is 1. The fraction of sp³-hybridized carbons (Fsp3) is 0.688.